The van der Waals surface area contributed by atoms with Crippen molar-refractivity contribution in [3.63, 3.8) is 0 Å². The maximum absolute atomic E-state index is 13.4. The maximum atomic E-state index is 13.4. The highest BCUT2D eigenvalue weighted by Crippen LogP contribution is 2.49. The van der Waals surface area contributed by atoms with E-state index in [-0.39, 0.29) is 23.5 Å². The van der Waals surface area contributed by atoms with Crippen molar-refractivity contribution in [1.29, 1.82) is 0 Å². The number of nitrogens with one attached hydrogen (secondary N) is 1. The minimum atomic E-state index is -0.394. The van der Waals surface area contributed by atoms with Crippen molar-refractivity contribution in [2.45, 2.75) is 56.4 Å². The minimum Gasteiger partial charge on any atom is -0.355 e. The first-order valence-electron chi connectivity index (χ1n) is 11.6. The molecule has 3 fully saturated rings. The molecule has 1 aliphatic carbocycles. The van der Waals surface area contributed by atoms with Crippen LogP contribution in [0.1, 0.15) is 61.5 Å². The zero-order chi connectivity index (χ0) is 21.4. The first-order valence-corrected chi connectivity index (χ1v) is 11.6. The Kier molecular flexibility index (Phi) is 5.55. The third-order valence-corrected chi connectivity index (χ3v) is 8.05. The summed E-state index contributed by atoms with van der Waals surface area (Å²) < 4.78 is 26.9. The third kappa shape index (κ3) is 3.78. The Balaban J connectivity index is 1.34. The Bertz CT molecular complexity index is 919. The second-order valence-corrected chi connectivity index (χ2v) is 9.52. The Morgan fingerprint density at radius 3 is 2.06 bits per heavy atom. The van der Waals surface area contributed by atoms with Gasteiger partial charge in [-0.1, -0.05) is 37.1 Å². The molecule has 3 aliphatic rings. The molecule has 3 atom stereocenters. The van der Waals surface area contributed by atoms with E-state index in [1.54, 1.807) is 12.1 Å². The van der Waals surface area contributed by atoms with E-state index in [1.807, 2.05) is 24.3 Å². The van der Waals surface area contributed by atoms with Gasteiger partial charge in [-0.15, -0.1) is 0 Å². The number of nitrogens with zero attached hydrogens (tertiary/aromatic N) is 1. The predicted octanol–water partition coefficient (Wildman–Crippen LogP) is 4.99. The van der Waals surface area contributed by atoms with Crippen LogP contribution in [-0.2, 0) is 4.79 Å². The average molecular weight is 425 g/mol. The molecule has 3 nitrogen and oxygen atoms in total. The van der Waals surface area contributed by atoms with Crippen molar-refractivity contribution < 1.29 is 13.6 Å². The van der Waals surface area contributed by atoms with Crippen LogP contribution >= 0.6 is 0 Å². The molecule has 1 saturated carbocycles. The van der Waals surface area contributed by atoms with Gasteiger partial charge in [0.25, 0.3) is 0 Å². The van der Waals surface area contributed by atoms with Gasteiger partial charge in [-0.2, -0.15) is 0 Å². The molecule has 0 aromatic heterocycles. The highest BCUT2D eigenvalue weighted by Gasteiger charge is 2.52. The van der Waals surface area contributed by atoms with Crippen LogP contribution in [0.3, 0.4) is 0 Å². The van der Waals surface area contributed by atoms with Crippen molar-refractivity contribution >= 4 is 5.91 Å². The average Bonchev–Trinajstić information content (AvgIpc) is 3.11. The van der Waals surface area contributed by atoms with Crippen LogP contribution in [0.15, 0.2) is 48.5 Å². The number of likely N-dealkylation sites (tertiary alicyclic amines) is 1. The quantitative estimate of drug-likeness (QED) is 0.753. The fourth-order valence-corrected chi connectivity index (χ4v) is 6.33. The van der Waals surface area contributed by atoms with E-state index in [9.17, 15) is 13.6 Å². The van der Waals surface area contributed by atoms with Crippen LogP contribution in [0.25, 0.3) is 0 Å². The monoisotopic (exact) mass is 424 g/mol. The van der Waals surface area contributed by atoms with Gasteiger partial charge in [-0.25, -0.2) is 8.78 Å². The lowest BCUT2D eigenvalue weighted by Crippen LogP contribution is -2.51. The zero-order valence-electron chi connectivity index (χ0n) is 17.8. The molecule has 2 saturated heterocycles. The van der Waals surface area contributed by atoms with Crippen molar-refractivity contribution in [3.8, 4) is 0 Å². The molecule has 0 radical (unpaired) electrons. The lowest BCUT2D eigenvalue weighted by Gasteiger charge is -2.47. The Morgan fingerprint density at radius 2 is 1.42 bits per heavy atom. The van der Waals surface area contributed by atoms with Crippen molar-refractivity contribution in [1.82, 2.24) is 10.2 Å². The van der Waals surface area contributed by atoms with Gasteiger partial charge in [-0.05, 0) is 80.1 Å². The van der Waals surface area contributed by atoms with Crippen LogP contribution in [-0.4, -0.2) is 36.5 Å². The van der Waals surface area contributed by atoms with Gasteiger partial charge < -0.3 is 5.32 Å². The summed E-state index contributed by atoms with van der Waals surface area (Å²) in [6, 6.07) is 14.1. The standard InChI is InChI=1S/C26H30F2N2O/c27-20-9-5-18(6-10-20)22-3-1-2-4-24(22)30-15-13-26(14-16-30)23(17-29-25(26)31)19-7-11-21(28)12-8-19/h5-12,22-24H,1-4,13-17H2,(H,29,31)/t22-,23?,24-/m1/s1. The summed E-state index contributed by atoms with van der Waals surface area (Å²) >= 11 is 0. The predicted molar refractivity (Wildman–Crippen MR) is 117 cm³/mol. The van der Waals surface area contributed by atoms with E-state index < -0.39 is 5.41 Å². The molecule has 31 heavy (non-hydrogen) atoms. The van der Waals surface area contributed by atoms with Gasteiger partial charge in [0.1, 0.15) is 11.6 Å². The third-order valence-electron chi connectivity index (χ3n) is 8.05. The summed E-state index contributed by atoms with van der Waals surface area (Å²) in [7, 11) is 0. The Labute approximate surface area is 182 Å². The van der Waals surface area contributed by atoms with Crippen LogP contribution in [0.2, 0.25) is 0 Å². The summed E-state index contributed by atoms with van der Waals surface area (Å²) in [5.74, 6) is 0.250. The summed E-state index contributed by atoms with van der Waals surface area (Å²) in [5, 5.41) is 3.09. The smallest absolute Gasteiger partial charge is 0.227 e. The van der Waals surface area contributed by atoms with Gasteiger partial charge in [0.2, 0.25) is 5.91 Å². The van der Waals surface area contributed by atoms with E-state index >= 15 is 0 Å². The molecule has 2 heterocycles. The number of hydrogen-bond donors (Lipinski definition) is 1. The van der Waals surface area contributed by atoms with Gasteiger partial charge >= 0.3 is 0 Å². The SMILES string of the molecule is O=C1NCC(c2ccc(F)cc2)C12CCN([C@@H]1CCCC[C@@H]1c1ccc(F)cc1)CC2. The van der Waals surface area contributed by atoms with Gasteiger partial charge in [0, 0.05) is 18.5 Å². The number of benzene rings is 2. The largest absolute Gasteiger partial charge is 0.355 e. The molecule has 2 aliphatic heterocycles. The summed E-state index contributed by atoms with van der Waals surface area (Å²) in [6.45, 7) is 2.42. The molecule has 1 N–H and O–H groups in total. The Morgan fingerprint density at radius 1 is 0.839 bits per heavy atom. The fraction of sp³-hybridized carbons (Fsp3) is 0.500. The molecule has 5 heteroatoms. The second-order valence-electron chi connectivity index (χ2n) is 9.52. The van der Waals surface area contributed by atoms with E-state index in [1.165, 1.54) is 30.5 Å². The highest BCUT2D eigenvalue weighted by molar-refractivity contribution is 5.86. The van der Waals surface area contributed by atoms with Crippen LogP contribution < -0.4 is 5.32 Å². The number of hydrogen-bond acceptors (Lipinski definition) is 2. The van der Waals surface area contributed by atoms with E-state index in [4.69, 9.17) is 0 Å². The van der Waals surface area contributed by atoms with Crippen molar-refractivity contribution in [3.05, 3.63) is 71.3 Å². The molecule has 1 amide bonds. The maximum Gasteiger partial charge on any atom is 0.227 e. The van der Waals surface area contributed by atoms with E-state index in [0.29, 0.717) is 18.5 Å². The van der Waals surface area contributed by atoms with E-state index in [2.05, 4.69) is 10.2 Å². The normalized spacial score (nSPS) is 28.6. The number of carbonyl (C=O) groups excluding carboxylic acids is 1. The van der Waals surface area contributed by atoms with Gasteiger partial charge in [-0.3, -0.25) is 9.69 Å². The molecule has 2 aromatic carbocycles. The number of piperidine rings is 1. The van der Waals surface area contributed by atoms with Crippen molar-refractivity contribution in [2.24, 2.45) is 5.41 Å². The molecular formula is C26H30F2N2O. The molecule has 1 spiro atoms. The topological polar surface area (TPSA) is 32.3 Å². The lowest BCUT2D eigenvalue weighted by molar-refractivity contribution is -0.131. The number of halogens is 2. The van der Waals surface area contributed by atoms with Crippen LogP contribution in [0.5, 0.6) is 0 Å². The molecular weight excluding hydrogens is 394 g/mol. The van der Waals surface area contributed by atoms with Gasteiger partial charge in [0.15, 0.2) is 0 Å². The lowest BCUT2D eigenvalue weighted by atomic mass is 9.67. The Hall–Kier alpha value is -2.27. The van der Waals surface area contributed by atoms with Crippen molar-refractivity contribution in [2.75, 3.05) is 19.6 Å². The molecule has 0 bridgehead atoms. The number of carbonyl (C=O) groups is 1. The number of amides is 1. The first-order chi connectivity index (χ1) is 15.1. The second kappa shape index (κ2) is 8.34. The fourth-order valence-electron chi connectivity index (χ4n) is 6.33. The summed E-state index contributed by atoms with van der Waals surface area (Å²) in [6.07, 6.45) is 6.38. The molecule has 5 rings (SSSR count). The molecule has 2 aromatic rings. The van der Waals surface area contributed by atoms with E-state index in [0.717, 1.165) is 44.3 Å². The summed E-state index contributed by atoms with van der Waals surface area (Å²) in [5.41, 5.74) is 1.89. The zero-order valence-corrected chi connectivity index (χ0v) is 17.8. The first kappa shape index (κ1) is 20.6. The van der Waals surface area contributed by atoms with Crippen LogP contribution in [0, 0.1) is 17.0 Å². The van der Waals surface area contributed by atoms with Gasteiger partial charge in [0.05, 0.1) is 5.41 Å². The molecule has 164 valence electrons. The minimum absolute atomic E-state index is 0.0991. The molecule has 1 unspecified atom stereocenters. The number of rotatable bonds is 3. The van der Waals surface area contributed by atoms with Crippen LogP contribution in [0.4, 0.5) is 8.78 Å². The summed E-state index contributed by atoms with van der Waals surface area (Å²) in [4.78, 5) is 15.5. The highest BCUT2D eigenvalue weighted by atomic mass is 19.1.